The largest absolute Gasteiger partial charge is 0.494 e. The number of hydrogen-bond acceptors (Lipinski definition) is 4. The third-order valence-electron chi connectivity index (χ3n) is 5.13. The molecule has 2 aliphatic heterocycles. The molecule has 2 aromatic rings. The molecule has 1 N–H and O–H groups in total. The first-order valence-corrected chi connectivity index (χ1v) is 10.3. The molecule has 29 heavy (non-hydrogen) atoms. The zero-order valence-electron chi connectivity index (χ0n) is 15.8. The maximum atomic E-state index is 12.5. The maximum absolute atomic E-state index is 12.5. The van der Waals surface area contributed by atoms with Gasteiger partial charge in [-0.05, 0) is 48.4 Å². The summed E-state index contributed by atoms with van der Waals surface area (Å²) in [6.45, 7) is 2.90. The third kappa shape index (κ3) is 4.60. The summed E-state index contributed by atoms with van der Waals surface area (Å²) in [6.07, 6.45) is 1.14. The number of benzene rings is 2. The summed E-state index contributed by atoms with van der Waals surface area (Å²) >= 11 is 12.0. The van der Waals surface area contributed by atoms with Gasteiger partial charge in [-0.1, -0.05) is 23.2 Å². The fourth-order valence-corrected chi connectivity index (χ4v) is 3.88. The number of amides is 2. The Bertz CT molecular complexity index is 951. The van der Waals surface area contributed by atoms with Gasteiger partial charge in [-0.3, -0.25) is 9.59 Å². The van der Waals surface area contributed by atoms with Gasteiger partial charge in [-0.2, -0.15) is 0 Å². The molecule has 0 unspecified atom stereocenters. The fourth-order valence-electron chi connectivity index (χ4n) is 3.59. The summed E-state index contributed by atoms with van der Waals surface area (Å²) < 4.78 is 5.79. The Morgan fingerprint density at radius 1 is 1.03 bits per heavy atom. The lowest BCUT2D eigenvalue weighted by Crippen LogP contribution is -2.50. The third-order valence-corrected chi connectivity index (χ3v) is 5.87. The first-order valence-electron chi connectivity index (χ1n) is 9.53. The van der Waals surface area contributed by atoms with Crippen molar-refractivity contribution in [2.24, 2.45) is 0 Å². The smallest absolute Gasteiger partial charge is 0.242 e. The van der Waals surface area contributed by atoms with Gasteiger partial charge in [-0.25, -0.2) is 0 Å². The van der Waals surface area contributed by atoms with E-state index in [1.807, 2.05) is 34.1 Å². The molecule has 1 saturated heterocycles. The Morgan fingerprint density at radius 3 is 2.69 bits per heavy atom. The van der Waals surface area contributed by atoms with Crippen molar-refractivity contribution in [1.29, 1.82) is 0 Å². The van der Waals surface area contributed by atoms with Gasteiger partial charge in [0.15, 0.2) is 0 Å². The molecule has 2 aliphatic rings. The second-order valence-corrected chi connectivity index (χ2v) is 7.96. The summed E-state index contributed by atoms with van der Waals surface area (Å²) in [7, 11) is 0. The monoisotopic (exact) mass is 433 g/mol. The number of piperazine rings is 1. The Hall–Kier alpha value is -2.44. The van der Waals surface area contributed by atoms with E-state index in [1.54, 1.807) is 12.1 Å². The number of nitrogens with one attached hydrogen (secondary N) is 1. The number of ether oxygens (including phenoxy) is 1. The van der Waals surface area contributed by atoms with Crippen LogP contribution in [-0.4, -0.2) is 49.5 Å². The van der Waals surface area contributed by atoms with Crippen LogP contribution in [0.15, 0.2) is 36.4 Å². The van der Waals surface area contributed by atoms with Crippen molar-refractivity contribution in [3.63, 3.8) is 0 Å². The molecule has 0 bridgehead atoms. The van der Waals surface area contributed by atoms with E-state index >= 15 is 0 Å². The molecule has 0 aromatic heterocycles. The summed E-state index contributed by atoms with van der Waals surface area (Å²) in [4.78, 5) is 27.8. The fraction of sp³-hybridized carbons (Fsp3) is 0.333. The Morgan fingerprint density at radius 2 is 1.90 bits per heavy atom. The molecule has 0 radical (unpaired) electrons. The number of hydrogen-bond donors (Lipinski definition) is 1. The van der Waals surface area contributed by atoms with Crippen LogP contribution in [0.5, 0.6) is 5.75 Å². The van der Waals surface area contributed by atoms with Crippen LogP contribution in [0.4, 0.5) is 11.4 Å². The summed E-state index contributed by atoms with van der Waals surface area (Å²) in [5.74, 6) is 0.844. The van der Waals surface area contributed by atoms with Gasteiger partial charge in [0, 0.05) is 31.0 Å². The predicted molar refractivity (Wildman–Crippen MR) is 114 cm³/mol. The van der Waals surface area contributed by atoms with Crippen LogP contribution in [0.25, 0.3) is 0 Å². The number of anilines is 2. The summed E-state index contributed by atoms with van der Waals surface area (Å²) in [5, 5.41) is 3.80. The molecule has 2 heterocycles. The van der Waals surface area contributed by atoms with Gasteiger partial charge in [0.25, 0.3) is 0 Å². The van der Waals surface area contributed by atoms with E-state index in [0.29, 0.717) is 42.7 Å². The number of rotatable bonds is 6. The Labute approximate surface area is 179 Å². The van der Waals surface area contributed by atoms with Gasteiger partial charge in [-0.15, -0.1) is 0 Å². The Balaban J connectivity index is 1.23. The van der Waals surface area contributed by atoms with E-state index in [-0.39, 0.29) is 11.8 Å². The first kappa shape index (κ1) is 19.9. The van der Waals surface area contributed by atoms with E-state index in [2.05, 4.69) is 5.32 Å². The molecule has 2 aromatic carbocycles. The normalized spacial score (nSPS) is 16.1. The molecule has 6 nitrogen and oxygen atoms in total. The van der Waals surface area contributed by atoms with Crippen LogP contribution >= 0.6 is 23.2 Å². The number of halogens is 2. The highest BCUT2D eigenvalue weighted by Gasteiger charge is 2.24. The van der Waals surface area contributed by atoms with Crippen molar-refractivity contribution >= 4 is 46.4 Å². The number of nitrogens with zero attached hydrogens (tertiary/aromatic N) is 2. The first-order chi connectivity index (χ1) is 14.0. The molecule has 0 aliphatic carbocycles. The minimum atomic E-state index is 0.00989. The predicted octanol–water partition coefficient (Wildman–Crippen LogP) is 3.61. The van der Waals surface area contributed by atoms with E-state index < -0.39 is 0 Å². The van der Waals surface area contributed by atoms with Crippen LogP contribution < -0.4 is 15.0 Å². The molecule has 152 valence electrons. The second kappa shape index (κ2) is 8.51. The minimum absolute atomic E-state index is 0.00989. The SMILES string of the molecule is O=C1Cc2cc(OCCCN3CCN(c4ccc(Cl)c(Cl)c4)CC3=O)ccc2N1. The molecule has 1 fully saturated rings. The minimum Gasteiger partial charge on any atom is -0.494 e. The molecule has 0 spiro atoms. The standard InChI is InChI=1S/C21H21Cl2N3O3/c22-17-4-2-15(12-18(17)23)26-8-7-25(21(28)13-26)6-1-9-29-16-3-5-19-14(10-16)11-20(27)24-19/h2-5,10,12H,1,6-9,11,13H2,(H,24,27). The van der Waals surface area contributed by atoms with Crippen molar-refractivity contribution in [2.75, 3.05) is 43.0 Å². The van der Waals surface area contributed by atoms with Crippen LogP contribution in [0, 0.1) is 0 Å². The van der Waals surface area contributed by atoms with Gasteiger partial charge in [0.2, 0.25) is 11.8 Å². The zero-order valence-corrected chi connectivity index (χ0v) is 17.3. The average molecular weight is 434 g/mol. The van der Waals surface area contributed by atoms with Gasteiger partial charge in [0.05, 0.1) is 29.6 Å². The lowest BCUT2D eigenvalue weighted by atomic mass is 10.1. The maximum Gasteiger partial charge on any atom is 0.242 e. The van der Waals surface area contributed by atoms with Crippen LogP contribution in [0.2, 0.25) is 10.0 Å². The molecule has 8 heteroatoms. The Kier molecular flexibility index (Phi) is 5.83. The van der Waals surface area contributed by atoms with Crippen molar-refractivity contribution < 1.29 is 14.3 Å². The lowest BCUT2D eigenvalue weighted by Gasteiger charge is -2.35. The number of fused-ring (bicyclic) bond motifs is 1. The highest BCUT2D eigenvalue weighted by Crippen LogP contribution is 2.28. The molecular weight excluding hydrogens is 413 g/mol. The van der Waals surface area contributed by atoms with Crippen molar-refractivity contribution in [1.82, 2.24) is 4.90 Å². The van der Waals surface area contributed by atoms with Crippen LogP contribution in [0.1, 0.15) is 12.0 Å². The molecule has 4 rings (SSSR count). The highest BCUT2D eigenvalue weighted by atomic mass is 35.5. The van der Waals surface area contributed by atoms with E-state index in [9.17, 15) is 9.59 Å². The van der Waals surface area contributed by atoms with Crippen molar-refractivity contribution in [3.05, 3.63) is 52.0 Å². The summed E-state index contributed by atoms with van der Waals surface area (Å²) in [5.41, 5.74) is 2.72. The van der Waals surface area contributed by atoms with E-state index in [4.69, 9.17) is 27.9 Å². The van der Waals surface area contributed by atoms with E-state index in [1.165, 1.54) is 0 Å². The second-order valence-electron chi connectivity index (χ2n) is 7.15. The zero-order chi connectivity index (χ0) is 20.4. The molecule has 0 atom stereocenters. The lowest BCUT2D eigenvalue weighted by molar-refractivity contribution is -0.131. The van der Waals surface area contributed by atoms with Crippen LogP contribution in [-0.2, 0) is 16.0 Å². The molecular formula is C21H21Cl2N3O3. The van der Waals surface area contributed by atoms with Gasteiger partial charge < -0.3 is 19.9 Å². The molecule has 2 amide bonds. The quantitative estimate of drug-likeness (QED) is 0.706. The van der Waals surface area contributed by atoms with Gasteiger partial charge >= 0.3 is 0 Å². The van der Waals surface area contributed by atoms with E-state index in [0.717, 1.165) is 35.7 Å². The van der Waals surface area contributed by atoms with Crippen molar-refractivity contribution in [2.45, 2.75) is 12.8 Å². The van der Waals surface area contributed by atoms with Crippen LogP contribution in [0.3, 0.4) is 0 Å². The van der Waals surface area contributed by atoms with Gasteiger partial charge in [0.1, 0.15) is 5.75 Å². The average Bonchev–Trinajstić information content (AvgIpc) is 3.07. The number of carbonyl (C=O) groups excluding carboxylic acids is 2. The molecule has 0 saturated carbocycles. The van der Waals surface area contributed by atoms with Crippen molar-refractivity contribution in [3.8, 4) is 5.75 Å². The summed E-state index contributed by atoms with van der Waals surface area (Å²) in [6, 6.07) is 11.0. The number of carbonyl (C=O) groups is 2. The highest BCUT2D eigenvalue weighted by molar-refractivity contribution is 6.42. The topological polar surface area (TPSA) is 61.9 Å².